The van der Waals surface area contributed by atoms with Gasteiger partial charge in [-0.05, 0) is 39.8 Å². The lowest BCUT2D eigenvalue weighted by Crippen LogP contribution is -2.44. The number of aromatic nitrogens is 2. The summed E-state index contributed by atoms with van der Waals surface area (Å²) >= 11 is 5.27. The lowest BCUT2D eigenvalue weighted by molar-refractivity contribution is 0.0521. The molecule has 1 aromatic carbocycles. The van der Waals surface area contributed by atoms with Crippen molar-refractivity contribution in [2.75, 3.05) is 0 Å². The van der Waals surface area contributed by atoms with E-state index in [0.29, 0.717) is 11.0 Å². The number of imidazole rings is 1. The average Bonchev–Trinajstić information content (AvgIpc) is 2.70. The first-order chi connectivity index (χ1) is 10.6. The third-order valence-corrected chi connectivity index (χ3v) is 3.51. The van der Waals surface area contributed by atoms with Crippen molar-refractivity contribution in [2.45, 2.75) is 39.3 Å². The Kier molecular flexibility index (Phi) is 4.56. The van der Waals surface area contributed by atoms with E-state index in [4.69, 9.17) is 17.0 Å². The number of aromatic amines is 1. The summed E-state index contributed by atoms with van der Waals surface area (Å²) in [6, 6.07) is 3.25. The largest absolute Gasteiger partial charge is 0.444 e. The van der Waals surface area contributed by atoms with Gasteiger partial charge in [0, 0.05) is 6.07 Å². The Labute approximate surface area is 137 Å². The van der Waals surface area contributed by atoms with Crippen LogP contribution in [0.1, 0.15) is 27.7 Å². The number of fused-ring (bicyclic) bond motifs is 1. The van der Waals surface area contributed by atoms with Crippen molar-refractivity contribution in [1.29, 1.82) is 0 Å². The van der Waals surface area contributed by atoms with Gasteiger partial charge in [-0.1, -0.05) is 12.2 Å². The number of halogens is 1. The highest BCUT2D eigenvalue weighted by Crippen LogP contribution is 2.13. The minimum absolute atomic E-state index is 0.137. The van der Waals surface area contributed by atoms with Crippen LogP contribution in [0.5, 0.6) is 0 Å². The smallest absolute Gasteiger partial charge is 0.408 e. The maximum Gasteiger partial charge on any atom is 0.408 e. The molecular weight excluding hydrogens is 321 g/mol. The van der Waals surface area contributed by atoms with Gasteiger partial charge in [-0.25, -0.2) is 14.0 Å². The van der Waals surface area contributed by atoms with Crippen LogP contribution in [0.4, 0.5) is 9.18 Å². The summed E-state index contributed by atoms with van der Waals surface area (Å²) in [5.41, 5.74) is -0.360. The van der Waals surface area contributed by atoms with Crippen LogP contribution >= 0.6 is 12.2 Å². The van der Waals surface area contributed by atoms with E-state index < -0.39 is 29.2 Å². The fourth-order valence-electron chi connectivity index (χ4n) is 2.03. The molecule has 8 heteroatoms. The number of carbonyl (C=O) groups excluding carboxylic acids is 1. The molecule has 6 nitrogen and oxygen atoms in total. The molecule has 0 aliphatic carbocycles. The van der Waals surface area contributed by atoms with Crippen molar-refractivity contribution in [3.8, 4) is 0 Å². The molecule has 0 bridgehead atoms. The quantitative estimate of drug-likeness (QED) is 0.825. The molecular formula is C15H18FN3O3S. The molecule has 0 aliphatic rings. The fraction of sp³-hybridized carbons (Fsp3) is 0.400. The molecule has 1 heterocycles. The van der Waals surface area contributed by atoms with Gasteiger partial charge >= 0.3 is 11.8 Å². The number of hydrogen-bond acceptors (Lipinski definition) is 4. The second-order valence-corrected chi connectivity index (χ2v) is 6.55. The summed E-state index contributed by atoms with van der Waals surface area (Å²) in [6.07, 6.45) is -0.647. The Morgan fingerprint density at radius 3 is 2.70 bits per heavy atom. The van der Waals surface area contributed by atoms with E-state index in [0.717, 1.165) is 4.57 Å². The number of alkyl carbamates (subject to hydrolysis) is 1. The first kappa shape index (κ1) is 17.1. The Bertz CT molecular complexity index is 819. The summed E-state index contributed by atoms with van der Waals surface area (Å²) in [5, 5.41) is 2.56. The highest BCUT2D eigenvalue weighted by atomic mass is 32.1. The van der Waals surface area contributed by atoms with Gasteiger partial charge in [-0.3, -0.25) is 4.57 Å². The van der Waals surface area contributed by atoms with Gasteiger partial charge in [0.1, 0.15) is 16.4 Å². The molecule has 0 fully saturated rings. The SMILES string of the molecule is CC(NC(=O)OC(C)(C)C)C(=S)n1c(=O)[nH]c2ccc(F)cc21. The lowest BCUT2D eigenvalue weighted by Gasteiger charge is -2.22. The van der Waals surface area contributed by atoms with Gasteiger partial charge in [-0.15, -0.1) is 0 Å². The van der Waals surface area contributed by atoms with Gasteiger partial charge in [0.25, 0.3) is 0 Å². The minimum Gasteiger partial charge on any atom is -0.444 e. The van der Waals surface area contributed by atoms with Crippen LogP contribution < -0.4 is 11.0 Å². The number of ether oxygens (including phenoxy) is 1. The monoisotopic (exact) mass is 339 g/mol. The van der Waals surface area contributed by atoms with Gasteiger partial charge in [0.2, 0.25) is 0 Å². The molecule has 0 radical (unpaired) electrons. The predicted molar refractivity (Wildman–Crippen MR) is 89.3 cm³/mol. The van der Waals surface area contributed by atoms with E-state index in [2.05, 4.69) is 10.3 Å². The number of rotatable bonds is 2. The lowest BCUT2D eigenvalue weighted by atomic mass is 10.2. The number of nitrogens with zero attached hydrogens (tertiary/aromatic N) is 1. The van der Waals surface area contributed by atoms with Crippen LogP contribution in [0.25, 0.3) is 11.0 Å². The molecule has 124 valence electrons. The number of thiocarbonyl (C=S) groups is 1. The summed E-state index contributed by atoms with van der Waals surface area (Å²) in [7, 11) is 0. The molecule has 2 rings (SSSR count). The number of carbonyl (C=O) groups is 1. The Morgan fingerprint density at radius 1 is 1.43 bits per heavy atom. The van der Waals surface area contributed by atoms with Gasteiger partial charge < -0.3 is 15.0 Å². The summed E-state index contributed by atoms with van der Waals surface area (Å²) in [4.78, 5) is 26.6. The van der Waals surface area contributed by atoms with Crippen molar-refractivity contribution in [3.63, 3.8) is 0 Å². The number of nitrogens with one attached hydrogen (secondary N) is 2. The third kappa shape index (κ3) is 3.95. The minimum atomic E-state index is -0.653. The van der Waals surface area contributed by atoms with Crippen molar-refractivity contribution in [1.82, 2.24) is 14.9 Å². The maximum absolute atomic E-state index is 13.4. The topological polar surface area (TPSA) is 76.1 Å². The highest BCUT2D eigenvalue weighted by Gasteiger charge is 2.22. The normalized spacial score (nSPS) is 12.9. The summed E-state index contributed by atoms with van der Waals surface area (Å²) in [6.45, 7) is 6.84. The van der Waals surface area contributed by atoms with Gasteiger partial charge in [-0.2, -0.15) is 0 Å². The van der Waals surface area contributed by atoms with E-state index in [1.54, 1.807) is 27.7 Å². The zero-order valence-corrected chi connectivity index (χ0v) is 14.1. The number of H-pyrrole nitrogens is 1. The zero-order chi connectivity index (χ0) is 17.4. The van der Waals surface area contributed by atoms with E-state index in [-0.39, 0.29) is 4.99 Å². The van der Waals surface area contributed by atoms with E-state index >= 15 is 0 Å². The predicted octanol–water partition coefficient (Wildman–Crippen LogP) is 2.56. The van der Waals surface area contributed by atoms with Crippen LogP contribution in [0.15, 0.2) is 23.0 Å². The van der Waals surface area contributed by atoms with Crippen molar-refractivity contribution in [2.24, 2.45) is 0 Å². The third-order valence-electron chi connectivity index (χ3n) is 2.97. The second-order valence-electron chi connectivity index (χ2n) is 6.13. The maximum atomic E-state index is 13.4. The molecule has 0 saturated carbocycles. The van der Waals surface area contributed by atoms with Crippen LogP contribution in [0.3, 0.4) is 0 Å². The highest BCUT2D eigenvalue weighted by molar-refractivity contribution is 7.80. The van der Waals surface area contributed by atoms with E-state index in [1.165, 1.54) is 18.2 Å². The van der Waals surface area contributed by atoms with E-state index in [1.807, 2.05) is 0 Å². The molecule has 2 N–H and O–H groups in total. The molecule has 1 unspecified atom stereocenters. The van der Waals surface area contributed by atoms with Crippen molar-refractivity contribution < 1.29 is 13.9 Å². The Morgan fingerprint density at radius 2 is 2.09 bits per heavy atom. The van der Waals surface area contributed by atoms with Crippen LogP contribution in [0.2, 0.25) is 0 Å². The molecule has 1 atom stereocenters. The molecule has 2 aromatic rings. The van der Waals surface area contributed by atoms with Gasteiger partial charge in [0.05, 0.1) is 17.1 Å². The number of hydrogen-bond donors (Lipinski definition) is 2. The zero-order valence-electron chi connectivity index (χ0n) is 13.3. The first-order valence-electron chi connectivity index (χ1n) is 7.02. The molecule has 0 saturated heterocycles. The second kappa shape index (κ2) is 6.11. The Hall–Kier alpha value is -2.22. The molecule has 1 aromatic heterocycles. The molecule has 0 spiro atoms. The van der Waals surface area contributed by atoms with Gasteiger partial charge in [0.15, 0.2) is 0 Å². The van der Waals surface area contributed by atoms with Crippen LogP contribution in [-0.4, -0.2) is 32.3 Å². The Balaban J connectivity index is 2.27. The summed E-state index contributed by atoms with van der Waals surface area (Å²) < 4.78 is 19.7. The number of amides is 1. The van der Waals surface area contributed by atoms with Crippen molar-refractivity contribution in [3.05, 3.63) is 34.5 Å². The molecule has 0 aliphatic heterocycles. The average molecular weight is 339 g/mol. The molecule has 23 heavy (non-hydrogen) atoms. The first-order valence-corrected chi connectivity index (χ1v) is 7.43. The van der Waals surface area contributed by atoms with Crippen LogP contribution in [-0.2, 0) is 4.74 Å². The number of benzene rings is 1. The van der Waals surface area contributed by atoms with E-state index in [9.17, 15) is 14.0 Å². The van der Waals surface area contributed by atoms with Crippen molar-refractivity contribution >= 4 is 34.3 Å². The fourth-order valence-corrected chi connectivity index (χ4v) is 2.27. The van der Waals surface area contributed by atoms with Crippen LogP contribution in [0, 0.1) is 5.82 Å². The standard InChI is InChI=1S/C15H18FN3O3S/c1-8(17-14(21)22-15(2,3)4)12(23)19-11-7-9(16)5-6-10(11)18-13(19)20/h5-8H,1-4H3,(H,17,21)(H,18,20). The molecule has 1 amide bonds. The summed E-state index contributed by atoms with van der Waals surface area (Å²) in [5.74, 6) is -0.485.